The van der Waals surface area contributed by atoms with Gasteiger partial charge in [0.15, 0.2) is 0 Å². The summed E-state index contributed by atoms with van der Waals surface area (Å²) in [4.78, 5) is 13.8. The van der Waals surface area contributed by atoms with Gasteiger partial charge in [-0.05, 0) is 19.1 Å². The lowest BCUT2D eigenvalue weighted by molar-refractivity contribution is 0.103. The van der Waals surface area contributed by atoms with Gasteiger partial charge < -0.3 is 14.5 Å². The monoisotopic (exact) mass is 223 g/mol. The normalized spacial score (nSPS) is 10.4. The maximum atomic E-state index is 13.3. The molecule has 5 heteroatoms. The molecule has 1 heterocycles. The van der Waals surface area contributed by atoms with E-state index in [1.807, 2.05) is 0 Å². The van der Waals surface area contributed by atoms with Gasteiger partial charge in [-0.15, -0.1) is 0 Å². The van der Waals surface area contributed by atoms with Crippen molar-refractivity contribution in [2.24, 2.45) is 0 Å². The number of carbonyl (C=O) groups is 1. The van der Waals surface area contributed by atoms with Crippen LogP contribution in [0, 0.1) is 5.82 Å². The minimum atomic E-state index is -0.811. The second kappa shape index (κ2) is 4.22. The fourth-order valence-electron chi connectivity index (χ4n) is 1.38. The van der Waals surface area contributed by atoms with E-state index in [4.69, 9.17) is 4.74 Å². The van der Waals surface area contributed by atoms with E-state index in [-0.39, 0.29) is 18.3 Å². The third-order valence-corrected chi connectivity index (χ3v) is 2.04. The van der Waals surface area contributed by atoms with E-state index >= 15 is 0 Å². The zero-order chi connectivity index (χ0) is 11.5. The molecule has 0 radical (unpaired) electrons. The number of hydrogen-bond acceptors (Lipinski definition) is 3. The molecule has 0 fully saturated rings. The van der Waals surface area contributed by atoms with Crippen molar-refractivity contribution in [3.63, 3.8) is 0 Å². The molecule has 0 saturated heterocycles. The van der Waals surface area contributed by atoms with Gasteiger partial charge in [0.25, 0.3) is 0 Å². The maximum absolute atomic E-state index is 13.3. The van der Waals surface area contributed by atoms with Crippen molar-refractivity contribution in [3.05, 3.63) is 30.1 Å². The lowest BCUT2D eigenvalue weighted by atomic mass is 10.2. The molecule has 84 valence electrons. The van der Waals surface area contributed by atoms with Crippen LogP contribution in [0.3, 0.4) is 0 Å². The molecule has 1 N–H and O–H groups in total. The van der Waals surface area contributed by atoms with Gasteiger partial charge in [0, 0.05) is 11.5 Å². The van der Waals surface area contributed by atoms with Crippen LogP contribution < -0.4 is 4.74 Å². The van der Waals surface area contributed by atoms with Gasteiger partial charge in [-0.1, -0.05) is 6.07 Å². The van der Waals surface area contributed by atoms with Crippen molar-refractivity contribution in [1.29, 1.82) is 0 Å². The predicted octanol–water partition coefficient (Wildman–Crippen LogP) is 2.84. The van der Waals surface area contributed by atoms with Crippen LogP contribution in [0.25, 0.3) is 10.9 Å². The highest BCUT2D eigenvalue weighted by Gasteiger charge is 2.09. The highest BCUT2D eigenvalue weighted by atomic mass is 19.1. The lowest BCUT2D eigenvalue weighted by Gasteiger charge is -1.99. The Morgan fingerprint density at radius 3 is 3.00 bits per heavy atom. The van der Waals surface area contributed by atoms with Crippen LogP contribution in [0.2, 0.25) is 0 Å². The fraction of sp³-hybridized carbons (Fsp3) is 0.182. The summed E-state index contributed by atoms with van der Waals surface area (Å²) in [5, 5.41) is 0.377. The number of carbonyl (C=O) groups excluding carboxylic acids is 1. The fourth-order valence-corrected chi connectivity index (χ4v) is 1.38. The van der Waals surface area contributed by atoms with Crippen molar-refractivity contribution >= 4 is 17.1 Å². The van der Waals surface area contributed by atoms with Gasteiger partial charge in [-0.2, -0.15) is 0 Å². The number of ether oxygens (including phenoxy) is 2. The van der Waals surface area contributed by atoms with Crippen LogP contribution >= 0.6 is 0 Å². The summed E-state index contributed by atoms with van der Waals surface area (Å²) < 4.78 is 22.7. The van der Waals surface area contributed by atoms with Crippen LogP contribution in [0.15, 0.2) is 24.3 Å². The predicted molar refractivity (Wildman–Crippen MR) is 55.9 cm³/mol. The molecule has 1 aromatic carbocycles. The molecule has 2 rings (SSSR count). The zero-order valence-electron chi connectivity index (χ0n) is 8.62. The number of H-pyrrole nitrogens is 1. The van der Waals surface area contributed by atoms with E-state index in [0.717, 1.165) is 0 Å². The van der Waals surface area contributed by atoms with Gasteiger partial charge in [0.05, 0.1) is 12.1 Å². The van der Waals surface area contributed by atoms with Crippen molar-refractivity contribution in [2.75, 3.05) is 6.61 Å². The molecule has 0 atom stereocenters. The average Bonchev–Trinajstić information content (AvgIpc) is 2.62. The average molecular weight is 223 g/mol. The highest BCUT2D eigenvalue weighted by molar-refractivity contribution is 5.82. The Morgan fingerprint density at radius 2 is 2.31 bits per heavy atom. The molecule has 16 heavy (non-hydrogen) atoms. The Morgan fingerprint density at radius 1 is 1.50 bits per heavy atom. The number of aromatic amines is 1. The molecule has 4 nitrogen and oxygen atoms in total. The smallest absolute Gasteiger partial charge is 0.434 e. The second-order valence-corrected chi connectivity index (χ2v) is 3.12. The Balaban J connectivity index is 2.26. The van der Waals surface area contributed by atoms with Crippen LogP contribution in [0.1, 0.15) is 6.92 Å². The summed E-state index contributed by atoms with van der Waals surface area (Å²) in [5.41, 5.74) is 0.569. The number of rotatable bonds is 2. The summed E-state index contributed by atoms with van der Waals surface area (Å²) in [6.07, 6.45) is -0.811. The lowest BCUT2D eigenvalue weighted by Crippen LogP contribution is -2.09. The third kappa shape index (κ3) is 1.98. The third-order valence-electron chi connectivity index (χ3n) is 2.04. The summed E-state index contributed by atoms with van der Waals surface area (Å²) in [6, 6.07) is 6.02. The van der Waals surface area contributed by atoms with E-state index in [0.29, 0.717) is 10.9 Å². The highest BCUT2D eigenvalue weighted by Crippen LogP contribution is 2.22. The molecule has 1 aromatic heterocycles. The van der Waals surface area contributed by atoms with Crippen molar-refractivity contribution in [2.45, 2.75) is 6.92 Å². The first-order chi connectivity index (χ1) is 7.70. The molecule has 0 spiro atoms. The largest absolute Gasteiger partial charge is 0.515 e. The molecule has 2 aromatic rings. The Hall–Kier alpha value is -2.04. The molecule has 0 unspecified atom stereocenters. The number of nitrogens with one attached hydrogen (secondary N) is 1. The summed E-state index contributed by atoms with van der Waals surface area (Å²) in [6.45, 7) is 1.90. The SMILES string of the molecule is CCOC(=O)Oc1cc2c(F)cccc2[nH]1. The van der Waals surface area contributed by atoms with Gasteiger partial charge in [-0.3, -0.25) is 0 Å². The molecule has 0 aliphatic carbocycles. The number of fused-ring (bicyclic) bond motifs is 1. The van der Waals surface area contributed by atoms with E-state index < -0.39 is 6.16 Å². The van der Waals surface area contributed by atoms with Gasteiger partial charge in [-0.25, -0.2) is 9.18 Å². The topological polar surface area (TPSA) is 51.3 Å². The Kier molecular flexibility index (Phi) is 2.76. The first-order valence-electron chi connectivity index (χ1n) is 4.82. The van der Waals surface area contributed by atoms with E-state index in [1.54, 1.807) is 19.1 Å². The van der Waals surface area contributed by atoms with Crippen LogP contribution in [0.4, 0.5) is 9.18 Å². The molecular formula is C11H10FNO3. The molecule has 0 aliphatic heterocycles. The summed E-state index contributed by atoms with van der Waals surface area (Å²) in [5.74, 6) is -0.203. The Labute approximate surface area is 91.0 Å². The van der Waals surface area contributed by atoms with Crippen LogP contribution in [0.5, 0.6) is 5.88 Å². The van der Waals surface area contributed by atoms with E-state index in [2.05, 4.69) is 9.72 Å². The van der Waals surface area contributed by atoms with Crippen molar-refractivity contribution < 1.29 is 18.7 Å². The van der Waals surface area contributed by atoms with Gasteiger partial charge >= 0.3 is 6.16 Å². The number of halogens is 1. The Bertz CT molecular complexity index is 521. The quantitative estimate of drug-likeness (QED) is 0.796. The standard InChI is InChI=1S/C11H10FNO3/c1-2-15-11(14)16-10-6-7-8(12)4-3-5-9(7)13-10/h3-6,13H,2H2,1H3. The number of benzene rings is 1. The zero-order valence-corrected chi connectivity index (χ0v) is 8.62. The van der Waals surface area contributed by atoms with Crippen LogP contribution in [-0.2, 0) is 4.74 Å². The summed E-state index contributed by atoms with van der Waals surface area (Å²) >= 11 is 0. The number of aromatic nitrogens is 1. The molecule has 0 bridgehead atoms. The van der Waals surface area contributed by atoms with Crippen LogP contribution in [-0.4, -0.2) is 17.7 Å². The van der Waals surface area contributed by atoms with Gasteiger partial charge in [0.1, 0.15) is 5.82 Å². The molecular weight excluding hydrogens is 213 g/mol. The van der Waals surface area contributed by atoms with Crippen molar-refractivity contribution in [1.82, 2.24) is 4.98 Å². The summed E-state index contributed by atoms with van der Waals surface area (Å²) in [7, 11) is 0. The van der Waals surface area contributed by atoms with E-state index in [9.17, 15) is 9.18 Å². The first-order valence-corrected chi connectivity index (χ1v) is 4.82. The van der Waals surface area contributed by atoms with E-state index in [1.165, 1.54) is 12.1 Å². The minimum Gasteiger partial charge on any atom is -0.434 e. The minimum absolute atomic E-state index is 0.165. The molecule has 0 saturated carbocycles. The number of hydrogen-bond donors (Lipinski definition) is 1. The second-order valence-electron chi connectivity index (χ2n) is 3.12. The molecule has 0 aliphatic rings. The first kappa shape index (κ1) is 10.5. The van der Waals surface area contributed by atoms with Crippen molar-refractivity contribution in [3.8, 4) is 5.88 Å². The van der Waals surface area contributed by atoms with Gasteiger partial charge in [0.2, 0.25) is 5.88 Å². The molecule has 0 amide bonds. The maximum Gasteiger partial charge on any atom is 0.515 e.